The molecule has 108 valence electrons. The quantitative estimate of drug-likeness (QED) is 0.567. The normalized spacial score (nSPS) is 23.9. The van der Waals surface area contributed by atoms with Crippen molar-refractivity contribution in [1.82, 2.24) is 0 Å². The van der Waals surface area contributed by atoms with Crippen molar-refractivity contribution in [1.29, 1.82) is 0 Å². The van der Waals surface area contributed by atoms with E-state index in [0.717, 1.165) is 38.5 Å². The number of hydrogen-bond acceptors (Lipinski definition) is 3. The highest BCUT2D eigenvalue weighted by Crippen LogP contribution is 2.34. The van der Waals surface area contributed by atoms with E-state index in [4.69, 9.17) is 22.3 Å². The van der Waals surface area contributed by atoms with Crippen LogP contribution in [0.25, 0.3) is 0 Å². The van der Waals surface area contributed by atoms with Crippen LogP contribution in [0.1, 0.15) is 64.2 Å². The van der Waals surface area contributed by atoms with Crippen LogP contribution in [0.2, 0.25) is 0 Å². The zero-order valence-electron chi connectivity index (χ0n) is 12.0. The second-order valence-corrected chi connectivity index (χ2v) is 5.85. The largest absolute Gasteiger partial charge is 0.511 e. The number of carbonyl (C=O) groups is 1. The minimum atomic E-state index is -0.792. The maximum Gasteiger partial charge on any atom is 0.511 e. The van der Waals surface area contributed by atoms with Crippen LogP contribution in [0.15, 0.2) is 0 Å². The number of ether oxygens (including phenoxy) is 2. The fourth-order valence-corrected chi connectivity index (χ4v) is 3.14. The van der Waals surface area contributed by atoms with E-state index in [1.54, 1.807) is 0 Å². The maximum absolute atomic E-state index is 12.1. The fourth-order valence-electron chi connectivity index (χ4n) is 3.14. The van der Waals surface area contributed by atoms with Crippen molar-refractivity contribution in [3.8, 4) is 24.7 Å². The molecule has 2 saturated carbocycles. The van der Waals surface area contributed by atoms with Gasteiger partial charge in [0, 0.05) is 0 Å². The molecule has 0 aromatic carbocycles. The smallest absolute Gasteiger partial charge is 0.414 e. The number of terminal acetylenes is 2. The zero-order valence-corrected chi connectivity index (χ0v) is 12.0. The van der Waals surface area contributed by atoms with Crippen LogP contribution < -0.4 is 0 Å². The van der Waals surface area contributed by atoms with Crippen molar-refractivity contribution in [2.24, 2.45) is 0 Å². The maximum atomic E-state index is 12.1. The van der Waals surface area contributed by atoms with Crippen LogP contribution in [0.3, 0.4) is 0 Å². The van der Waals surface area contributed by atoms with Gasteiger partial charge in [-0.2, -0.15) is 0 Å². The molecule has 0 atom stereocenters. The SMILES string of the molecule is C#CC1(OC(=O)OC2(C#C)CCCCC2)CCCCC1. The third-order valence-corrected chi connectivity index (χ3v) is 4.41. The average Bonchev–Trinajstić information content (AvgIpc) is 2.49. The standard InChI is InChI=1S/C17H22O3/c1-3-16(11-7-5-8-12-16)19-15(18)20-17(4-2)13-9-6-10-14-17/h1-2H,5-14H2. The minimum Gasteiger partial charge on any atom is -0.414 e. The van der Waals surface area contributed by atoms with E-state index >= 15 is 0 Å². The molecule has 20 heavy (non-hydrogen) atoms. The molecule has 0 aliphatic heterocycles. The third-order valence-electron chi connectivity index (χ3n) is 4.41. The van der Waals surface area contributed by atoms with E-state index in [2.05, 4.69) is 11.8 Å². The lowest BCUT2D eigenvalue weighted by atomic mass is 9.85. The fraction of sp³-hybridized carbons (Fsp3) is 0.706. The Balaban J connectivity index is 1.97. The molecule has 0 aromatic heterocycles. The van der Waals surface area contributed by atoms with E-state index in [-0.39, 0.29) is 0 Å². The molecule has 2 aliphatic rings. The van der Waals surface area contributed by atoms with Gasteiger partial charge in [0.1, 0.15) is 0 Å². The highest BCUT2D eigenvalue weighted by atomic mass is 16.7. The first-order chi connectivity index (χ1) is 9.64. The summed E-state index contributed by atoms with van der Waals surface area (Å²) in [6.45, 7) is 0. The Hall–Kier alpha value is -1.61. The molecule has 0 heterocycles. The molecule has 0 aromatic rings. The first-order valence-electron chi connectivity index (χ1n) is 7.51. The zero-order chi connectivity index (χ0) is 14.5. The van der Waals surface area contributed by atoms with E-state index in [1.165, 1.54) is 0 Å². The van der Waals surface area contributed by atoms with Crippen LogP contribution >= 0.6 is 0 Å². The molecule has 0 saturated heterocycles. The van der Waals surface area contributed by atoms with Crippen molar-refractivity contribution in [2.45, 2.75) is 75.4 Å². The molecule has 0 bridgehead atoms. The minimum absolute atomic E-state index is 0.704. The molecular formula is C17H22O3. The van der Waals surface area contributed by atoms with Crippen molar-refractivity contribution < 1.29 is 14.3 Å². The van der Waals surface area contributed by atoms with Crippen molar-refractivity contribution >= 4 is 6.16 Å². The van der Waals surface area contributed by atoms with Gasteiger partial charge in [0.15, 0.2) is 11.2 Å². The Morgan fingerprint density at radius 3 is 1.40 bits per heavy atom. The van der Waals surface area contributed by atoms with Crippen LogP contribution in [0.4, 0.5) is 4.79 Å². The highest BCUT2D eigenvalue weighted by molar-refractivity contribution is 5.62. The summed E-state index contributed by atoms with van der Waals surface area (Å²) < 4.78 is 10.9. The van der Waals surface area contributed by atoms with E-state index in [1.807, 2.05) is 0 Å². The predicted octanol–water partition coefficient (Wildman–Crippen LogP) is 3.81. The molecule has 0 amide bonds. The summed E-state index contributed by atoms with van der Waals surface area (Å²) in [6, 6.07) is 0. The van der Waals surface area contributed by atoms with Gasteiger partial charge in [-0.1, -0.05) is 24.7 Å². The second kappa shape index (κ2) is 6.23. The van der Waals surface area contributed by atoms with Crippen LogP contribution in [-0.2, 0) is 9.47 Å². The van der Waals surface area contributed by atoms with Gasteiger partial charge in [0.2, 0.25) is 0 Å². The summed E-state index contributed by atoms with van der Waals surface area (Å²) in [6.07, 6.45) is 19.5. The van der Waals surface area contributed by atoms with Crippen LogP contribution in [-0.4, -0.2) is 17.4 Å². The Morgan fingerprint density at radius 2 is 1.10 bits per heavy atom. The van der Waals surface area contributed by atoms with Gasteiger partial charge in [0.25, 0.3) is 0 Å². The Bertz CT molecular complexity index is 386. The number of carbonyl (C=O) groups excluding carboxylic acids is 1. The molecule has 0 unspecified atom stereocenters. The van der Waals surface area contributed by atoms with Gasteiger partial charge in [0.05, 0.1) is 0 Å². The molecule has 0 spiro atoms. The van der Waals surface area contributed by atoms with Gasteiger partial charge < -0.3 is 9.47 Å². The summed E-state index contributed by atoms with van der Waals surface area (Å²) in [5, 5.41) is 0. The second-order valence-electron chi connectivity index (χ2n) is 5.85. The summed E-state index contributed by atoms with van der Waals surface area (Å²) in [5.41, 5.74) is -1.58. The molecule has 0 radical (unpaired) electrons. The van der Waals surface area contributed by atoms with Gasteiger partial charge in [-0.3, -0.25) is 0 Å². The summed E-state index contributed by atoms with van der Waals surface area (Å²) >= 11 is 0. The van der Waals surface area contributed by atoms with Gasteiger partial charge in [-0.05, 0) is 51.4 Å². The average molecular weight is 274 g/mol. The summed E-state index contributed by atoms with van der Waals surface area (Å²) in [4.78, 5) is 12.1. The number of hydrogen-bond donors (Lipinski definition) is 0. The Labute approximate surface area is 121 Å². The summed E-state index contributed by atoms with van der Waals surface area (Å²) in [7, 11) is 0. The molecule has 0 N–H and O–H groups in total. The Kier molecular flexibility index (Phi) is 4.61. The molecule has 2 rings (SSSR count). The summed E-state index contributed by atoms with van der Waals surface area (Å²) in [5.74, 6) is 5.28. The highest BCUT2D eigenvalue weighted by Gasteiger charge is 2.39. The molecule has 3 heteroatoms. The molecule has 2 fully saturated rings. The van der Waals surface area contributed by atoms with Gasteiger partial charge in [-0.25, -0.2) is 4.79 Å². The lowest BCUT2D eigenvalue weighted by molar-refractivity contribution is -0.0641. The van der Waals surface area contributed by atoms with Gasteiger partial charge >= 0.3 is 6.16 Å². The van der Waals surface area contributed by atoms with Crippen molar-refractivity contribution in [3.63, 3.8) is 0 Å². The van der Waals surface area contributed by atoms with Crippen LogP contribution in [0, 0.1) is 24.7 Å². The van der Waals surface area contributed by atoms with Gasteiger partial charge in [-0.15, -0.1) is 12.8 Å². The molecule has 3 nitrogen and oxygen atoms in total. The van der Waals surface area contributed by atoms with E-state index < -0.39 is 17.4 Å². The van der Waals surface area contributed by atoms with E-state index in [9.17, 15) is 4.79 Å². The van der Waals surface area contributed by atoms with Crippen LogP contribution in [0.5, 0.6) is 0 Å². The third kappa shape index (κ3) is 3.28. The lowest BCUT2D eigenvalue weighted by Crippen LogP contribution is -2.41. The topological polar surface area (TPSA) is 35.5 Å². The van der Waals surface area contributed by atoms with Crippen molar-refractivity contribution in [3.05, 3.63) is 0 Å². The number of rotatable bonds is 2. The molecule has 2 aliphatic carbocycles. The van der Waals surface area contributed by atoms with Crippen molar-refractivity contribution in [2.75, 3.05) is 0 Å². The van der Waals surface area contributed by atoms with E-state index in [0.29, 0.717) is 25.7 Å². The lowest BCUT2D eigenvalue weighted by Gasteiger charge is -2.35. The first-order valence-corrected chi connectivity index (χ1v) is 7.51. The predicted molar refractivity (Wildman–Crippen MR) is 76.9 cm³/mol. The monoisotopic (exact) mass is 274 g/mol. The molecular weight excluding hydrogens is 252 g/mol. The Morgan fingerprint density at radius 1 is 0.750 bits per heavy atom. The first kappa shape index (κ1) is 14.8.